The fourth-order valence-electron chi connectivity index (χ4n) is 2.46. The summed E-state index contributed by atoms with van der Waals surface area (Å²) in [6.07, 6.45) is -4.49. The zero-order valence-corrected chi connectivity index (χ0v) is 15.2. The third-order valence-corrected chi connectivity index (χ3v) is 5.44. The molecule has 0 bridgehead atoms. The number of anilines is 1. The van der Waals surface area contributed by atoms with E-state index in [4.69, 9.17) is 28.9 Å². The highest BCUT2D eigenvalue weighted by Crippen LogP contribution is 2.39. The van der Waals surface area contributed by atoms with Crippen molar-refractivity contribution in [2.75, 3.05) is 5.73 Å². The van der Waals surface area contributed by atoms with E-state index in [2.05, 4.69) is 0 Å². The second-order valence-corrected chi connectivity index (χ2v) is 7.27. The second kappa shape index (κ2) is 6.95. The number of carbonyl (C=O) groups is 1. The molecular formula is C18H10Cl2F3NOS. The van der Waals surface area contributed by atoms with Crippen LogP contribution in [0.15, 0.2) is 48.5 Å². The number of hydrogen-bond acceptors (Lipinski definition) is 3. The zero-order valence-electron chi connectivity index (χ0n) is 12.9. The number of nitrogens with two attached hydrogens (primary N) is 1. The normalized spacial score (nSPS) is 11.6. The Morgan fingerprint density at radius 2 is 1.73 bits per heavy atom. The lowest BCUT2D eigenvalue weighted by Crippen LogP contribution is -2.05. The maximum Gasteiger partial charge on any atom is 0.416 e. The summed E-state index contributed by atoms with van der Waals surface area (Å²) in [5.41, 5.74) is 5.73. The Labute approximate surface area is 161 Å². The van der Waals surface area contributed by atoms with Crippen LogP contribution in [0.5, 0.6) is 0 Å². The average Bonchev–Trinajstić information content (AvgIpc) is 2.98. The predicted octanol–water partition coefficient (Wildman–Crippen LogP) is 6.55. The molecule has 0 atom stereocenters. The van der Waals surface area contributed by atoms with E-state index < -0.39 is 17.5 Å². The number of benzene rings is 2. The predicted molar refractivity (Wildman–Crippen MR) is 99.1 cm³/mol. The minimum Gasteiger partial charge on any atom is -0.391 e. The molecule has 26 heavy (non-hydrogen) atoms. The average molecular weight is 416 g/mol. The number of carbonyl (C=O) groups excluding carboxylic acids is 1. The standard InChI is InChI=1S/C18H10Cl2F3NOS/c19-13-6-2-5-11(15(13)20)16(25)17-12(8-14(24)26-17)9-3-1-4-10(7-9)18(21,22)23/h1-8H,24H2. The SMILES string of the molecule is Nc1cc(-c2cccc(C(F)(F)F)c2)c(C(=O)c2cccc(Cl)c2Cl)s1. The molecule has 0 radical (unpaired) electrons. The van der Waals surface area contributed by atoms with Gasteiger partial charge in [0.15, 0.2) is 0 Å². The van der Waals surface area contributed by atoms with Gasteiger partial charge in [-0.3, -0.25) is 4.79 Å². The number of nitrogen functional groups attached to an aromatic ring is 1. The lowest BCUT2D eigenvalue weighted by Gasteiger charge is -2.10. The Balaban J connectivity index is 2.13. The van der Waals surface area contributed by atoms with Gasteiger partial charge in [-0.1, -0.05) is 41.4 Å². The van der Waals surface area contributed by atoms with Crippen molar-refractivity contribution in [2.24, 2.45) is 0 Å². The highest BCUT2D eigenvalue weighted by Gasteiger charge is 2.31. The van der Waals surface area contributed by atoms with E-state index in [1.165, 1.54) is 30.3 Å². The number of halogens is 5. The molecule has 0 fully saturated rings. The minimum atomic E-state index is -4.49. The molecule has 0 saturated carbocycles. The molecule has 3 aromatic rings. The summed E-state index contributed by atoms with van der Waals surface area (Å²) in [6, 6.07) is 10.8. The van der Waals surface area contributed by atoms with Crippen molar-refractivity contribution >= 4 is 45.3 Å². The largest absolute Gasteiger partial charge is 0.416 e. The molecule has 0 amide bonds. The summed E-state index contributed by atoms with van der Waals surface area (Å²) in [5, 5.41) is 0.600. The van der Waals surface area contributed by atoms with Gasteiger partial charge >= 0.3 is 6.18 Å². The van der Waals surface area contributed by atoms with Gasteiger partial charge in [0.05, 0.1) is 25.5 Å². The van der Waals surface area contributed by atoms with Gasteiger partial charge in [-0.25, -0.2) is 0 Å². The van der Waals surface area contributed by atoms with Crippen molar-refractivity contribution in [3.05, 3.63) is 74.6 Å². The fraction of sp³-hybridized carbons (Fsp3) is 0.0556. The summed E-state index contributed by atoms with van der Waals surface area (Å²) >= 11 is 13.0. The number of thiophene rings is 1. The van der Waals surface area contributed by atoms with Crippen molar-refractivity contribution in [2.45, 2.75) is 6.18 Å². The van der Waals surface area contributed by atoms with Crippen LogP contribution in [-0.2, 0) is 6.18 Å². The van der Waals surface area contributed by atoms with Gasteiger partial charge in [0.2, 0.25) is 5.78 Å². The third-order valence-electron chi connectivity index (χ3n) is 3.65. The number of rotatable bonds is 3. The van der Waals surface area contributed by atoms with Crippen LogP contribution in [0.2, 0.25) is 10.0 Å². The molecule has 2 N–H and O–H groups in total. The van der Waals surface area contributed by atoms with E-state index in [-0.39, 0.29) is 26.0 Å². The first kappa shape index (κ1) is 18.8. The van der Waals surface area contributed by atoms with E-state index in [1.807, 2.05) is 0 Å². The number of hydrogen-bond donors (Lipinski definition) is 1. The van der Waals surface area contributed by atoms with Crippen molar-refractivity contribution in [3.8, 4) is 11.1 Å². The lowest BCUT2D eigenvalue weighted by molar-refractivity contribution is -0.137. The summed E-state index contributed by atoms with van der Waals surface area (Å²) in [4.78, 5) is 13.1. The topological polar surface area (TPSA) is 43.1 Å². The monoisotopic (exact) mass is 415 g/mol. The lowest BCUT2D eigenvalue weighted by atomic mass is 10.00. The molecule has 0 unspecified atom stereocenters. The van der Waals surface area contributed by atoms with Crippen LogP contribution < -0.4 is 5.73 Å². The van der Waals surface area contributed by atoms with Crippen LogP contribution in [0.25, 0.3) is 11.1 Å². The van der Waals surface area contributed by atoms with Crippen molar-refractivity contribution in [1.29, 1.82) is 0 Å². The highest BCUT2D eigenvalue weighted by atomic mass is 35.5. The van der Waals surface area contributed by atoms with Gasteiger partial charge in [-0.2, -0.15) is 13.2 Å². The van der Waals surface area contributed by atoms with E-state index in [0.717, 1.165) is 23.5 Å². The first-order valence-electron chi connectivity index (χ1n) is 7.24. The number of ketones is 1. The van der Waals surface area contributed by atoms with Gasteiger partial charge in [0, 0.05) is 11.1 Å². The van der Waals surface area contributed by atoms with Gasteiger partial charge < -0.3 is 5.73 Å². The molecule has 134 valence electrons. The van der Waals surface area contributed by atoms with Crippen LogP contribution in [0, 0.1) is 0 Å². The molecule has 8 heteroatoms. The maximum atomic E-state index is 13.0. The molecule has 0 spiro atoms. The molecule has 0 saturated heterocycles. The van der Waals surface area contributed by atoms with Gasteiger partial charge in [-0.15, -0.1) is 11.3 Å². The summed E-state index contributed by atoms with van der Waals surface area (Å²) < 4.78 is 39.0. The van der Waals surface area contributed by atoms with Crippen LogP contribution in [0.1, 0.15) is 20.8 Å². The van der Waals surface area contributed by atoms with E-state index in [1.54, 1.807) is 6.07 Å². The highest BCUT2D eigenvalue weighted by molar-refractivity contribution is 7.18. The van der Waals surface area contributed by atoms with Crippen LogP contribution >= 0.6 is 34.5 Å². The third kappa shape index (κ3) is 3.58. The van der Waals surface area contributed by atoms with Crippen molar-refractivity contribution < 1.29 is 18.0 Å². The van der Waals surface area contributed by atoms with Crippen molar-refractivity contribution in [3.63, 3.8) is 0 Å². The molecular weight excluding hydrogens is 406 g/mol. The summed E-state index contributed by atoms with van der Waals surface area (Å²) in [7, 11) is 0. The summed E-state index contributed by atoms with van der Waals surface area (Å²) in [6.45, 7) is 0. The molecule has 0 aliphatic rings. The zero-order chi connectivity index (χ0) is 19.1. The van der Waals surface area contributed by atoms with Gasteiger partial charge in [0.1, 0.15) is 0 Å². The van der Waals surface area contributed by atoms with Crippen LogP contribution in [0.3, 0.4) is 0 Å². The Hall–Kier alpha value is -2.02. The Kier molecular flexibility index (Phi) is 5.01. The quantitative estimate of drug-likeness (QED) is 0.492. The molecule has 1 aromatic heterocycles. The molecule has 2 nitrogen and oxygen atoms in total. The second-order valence-electron chi connectivity index (χ2n) is 5.40. The van der Waals surface area contributed by atoms with Crippen molar-refractivity contribution in [1.82, 2.24) is 0 Å². The molecule has 0 aliphatic carbocycles. The minimum absolute atomic E-state index is 0.0844. The van der Waals surface area contributed by atoms with E-state index in [0.29, 0.717) is 10.6 Å². The van der Waals surface area contributed by atoms with Crippen LogP contribution in [-0.4, -0.2) is 5.78 Å². The van der Waals surface area contributed by atoms with Crippen LogP contribution in [0.4, 0.5) is 18.2 Å². The fourth-order valence-corrected chi connectivity index (χ4v) is 3.75. The van der Waals surface area contributed by atoms with E-state index in [9.17, 15) is 18.0 Å². The Morgan fingerprint density at radius 3 is 2.42 bits per heavy atom. The van der Waals surface area contributed by atoms with E-state index >= 15 is 0 Å². The first-order valence-corrected chi connectivity index (χ1v) is 8.81. The smallest absolute Gasteiger partial charge is 0.391 e. The molecule has 0 aliphatic heterocycles. The maximum absolute atomic E-state index is 13.0. The Bertz CT molecular complexity index is 998. The Morgan fingerprint density at radius 1 is 1.04 bits per heavy atom. The van der Waals surface area contributed by atoms with Gasteiger partial charge in [0.25, 0.3) is 0 Å². The van der Waals surface area contributed by atoms with Gasteiger partial charge in [-0.05, 0) is 35.9 Å². The molecule has 1 heterocycles. The summed E-state index contributed by atoms with van der Waals surface area (Å²) in [5.74, 6) is -0.452. The number of alkyl halides is 3. The molecule has 3 rings (SSSR count). The molecule has 2 aromatic carbocycles. The first-order chi connectivity index (χ1) is 12.2.